The lowest BCUT2D eigenvalue weighted by Crippen LogP contribution is -2.39. The Morgan fingerprint density at radius 3 is 2.66 bits per heavy atom. The van der Waals surface area contributed by atoms with Crippen molar-refractivity contribution in [2.75, 3.05) is 18.4 Å². The van der Waals surface area contributed by atoms with Crippen LogP contribution in [0.15, 0.2) is 79.4 Å². The van der Waals surface area contributed by atoms with Gasteiger partial charge in [-0.3, -0.25) is 9.78 Å². The summed E-state index contributed by atoms with van der Waals surface area (Å²) >= 11 is 0. The number of likely N-dealkylation sites (tertiary alicyclic amines) is 1. The number of piperidine rings is 1. The van der Waals surface area contributed by atoms with Crippen molar-refractivity contribution >= 4 is 17.5 Å². The molecule has 2 aromatic heterocycles. The molecule has 35 heavy (non-hydrogen) atoms. The van der Waals surface area contributed by atoms with Crippen molar-refractivity contribution in [1.29, 1.82) is 0 Å². The van der Waals surface area contributed by atoms with E-state index < -0.39 is 0 Å². The second-order valence-electron chi connectivity index (χ2n) is 8.48. The van der Waals surface area contributed by atoms with E-state index in [9.17, 15) is 4.79 Å². The van der Waals surface area contributed by atoms with Crippen LogP contribution in [-0.2, 0) is 0 Å². The Kier molecular flexibility index (Phi) is 6.61. The quantitative estimate of drug-likeness (QED) is 0.421. The van der Waals surface area contributed by atoms with E-state index in [1.165, 1.54) is 0 Å². The number of aryl methyl sites for hydroxylation is 1. The minimum Gasteiger partial charge on any atom is -0.437 e. The third-order valence-electron chi connectivity index (χ3n) is 6.02. The largest absolute Gasteiger partial charge is 0.437 e. The first-order valence-corrected chi connectivity index (χ1v) is 11.6. The lowest BCUT2D eigenvalue weighted by Gasteiger charge is -2.33. The first kappa shape index (κ1) is 22.5. The van der Waals surface area contributed by atoms with E-state index in [2.05, 4.69) is 25.3 Å². The van der Waals surface area contributed by atoms with Crippen molar-refractivity contribution in [2.24, 2.45) is 0 Å². The van der Waals surface area contributed by atoms with E-state index in [-0.39, 0.29) is 11.8 Å². The monoisotopic (exact) mass is 466 g/mol. The molecule has 1 aliphatic rings. The van der Waals surface area contributed by atoms with E-state index in [0.717, 1.165) is 35.5 Å². The fourth-order valence-electron chi connectivity index (χ4n) is 4.26. The van der Waals surface area contributed by atoms with Crippen LogP contribution in [0.3, 0.4) is 0 Å². The van der Waals surface area contributed by atoms with Crippen molar-refractivity contribution in [1.82, 2.24) is 24.8 Å². The first-order valence-electron chi connectivity index (χ1n) is 11.6. The zero-order valence-electron chi connectivity index (χ0n) is 19.5. The molecule has 0 spiro atoms. The Hall–Kier alpha value is -4.33. The summed E-state index contributed by atoms with van der Waals surface area (Å²) in [5.74, 6) is 1.76. The molecule has 1 amide bonds. The van der Waals surface area contributed by atoms with Gasteiger partial charge in [0.05, 0.1) is 0 Å². The number of hydrogen-bond acceptors (Lipinski definition) is 7. The van der Waals surface area contributed by atoms with Gasteiger partial charge in [0.15, 0.2) is 0 Å². The van der Waals surface area contributed by atoms with Gasteiger partial charge in [-0.15, -0.1) is 0 Å². The third-order valence-corrected chi connectivity index (χ3v) is 6.02. The predicted octanol–water partition coefficient (Wildman–Crippen LogP) is 5.13. The van der Waals surface area contributed by atoms with E-state index in [1.807, 2.05) is 60.4 Å². The summed E-state index contributed by atoms with van der Waals surface area (Å²) in [6.45, 7) is 3.25. The number of nitrogens with zero attached hydrogens (tertiary/aromatic N) is 5. The van der Waals surface area contributed by atoms with Gasteiger partial charge in [-0.2, -0.15) is 0 Å². The zero-order valence-corrected chi connectivity index (χ0v) is 19.5. The summed E-state index contributed by atoms with van der Waals surface area (Å²) in [4.78, 5) is 32.7. The zero-order chi connectivity index (χ0) is 24.0. The van der Waals surface area contributed by atoms with E-state index >= 15 is 0 Å². The fraction of sp³-hybridized carbons (Fsp3) is 0.222. The van der Waals surface area contributed by atoms with Crippen LogP contribution in [0.25, 0.3) is 0 Å². The number of benzene rings is 2. The number of carbonyl (C=O) groups excluding carboxylic acids is 1. The van der Waals surface area contributed by atoms with Gasteiger partial charge in [-0.1, -0.05) is 24.3 Å². The van der Waals surface area contributed by atoms with Crippen LogP contribution in [0.2, 0.25) is 0 Å². The van der Waals surface area contributed by atoms with Gasteiger partial charge in [-0.25, -0.2) is 15.0 Å². The van der Waals surface area contributed by atoms with Gasteiger partial charge in [0.1, 0.15) is 11.4 Å². The number of ether oxygens (including phenoxy) is 1. The van der Waals surface area contributed by atoms with Crippen LogP contribution in [0.5, 0.6) is 11.6 Å². The molecule has 0 bridgehead atoms. The average Bonchev–Trinajstić information content (AvgIpc) is 2.91. The number of rotatable bonds is 6. The summed E-state index contributed by atoms with van der Waals surface area (Å²) in [7, 11) is 0. The summed E-state index contributed by atoms with van der Waals surface area (Å²) in [6, 6.07) is 17.0. The smallest absolute Gasteiger partial charge is 0.253 e. The summed E-state index contributed by atoms with van der Waals surface area (Å²) in [5, 5.41) is 3.14. The number of aromatic nitrogens is 4. The van der Waals surface area contributed by atoms with E-state index in [0.29, 0.717) is 30.5 Å². The molecule has 1 fully saturated rings. The van der Waals surface area contributed by atoms with Crippen LogP contribution in [0.4, 0.5) is 11.6 Å². The molecule has 0 unspecified atom stereocenters. The van der Waals surface area contributed by atoms with Crippen LogP contribution in [0, 0.1) is 6.92 Å². The maximum atomic E-state index is 13.4. The Balaban J connectivity index is 1.32. The lowest BCUT2D eigenvalue weighted by molar-refractivity contribution is 0.0705. The molecule has 1 saturated heterocycles. The maximum Gasteiger partial charge on any atom is 0.253 e. The van der Waals surface area contributed by atoms with Gasteiger partial charge < -0.3 is 15.0 Å². The minimum atomic E-state index is -0.0161. The van der Waals surface area contributed by atoms with Gasteiger partial charge in [0.25, 0.3) is 5.91 Å². The SMILES string of the molecule is Cc1ccccc1Oc1nccnc1[C@@H]1CCCN(C(=O)c2cccc(Nc3ncccn3)c2)C1. The predicted molar refractivity (Wildman–Crippen MR) is 133 cm³/mol. The first-order chi connectivity index (χ1) is 17.2. The molecule has 0 saturated carbocycles. The van der Waals surface area contributed by atoms with Crippen molar-refractivity contribution < 1.29 is 9.53 Å². The Morgan fingerprint density at radius 2 is 1.80 bits per heavy atom. The second kappa shape index (κ2) is 10.3. The van der Waals surface area contributed by atoms with Gasteiger partial charge in [0.2, 0.25) is 11.8 Å². The van der Waals surface area contributed by atoms with Crippen LogP contribution in [0.1, 0.15) is 40.4 Å². The van der Waals surface area contributed by atoms with Crippen LogP contribution in [-0.4, -0.2) is 43.8 Å². The number of carbonyl (C=O) groups is 1. The summed E-state index contributed by atoms with van der Waals surface area (Å²) < 4.78 is 6.15. The van der Waals surface area contributed by atoms with Crippen LogP contribution >= 0.6 is 0 Å². The highest BCUT2D eigenvalue weighted by Gasteiger charge is 2.29. The van der Waals surface area contributed by atoms with Gasteiger partial charge in [-0.05, 0) is 55.7 Å². The third kappa shape index (κ3) is 5.27. The number of para-hydroxylation sites is 1. The molecule has 1 aliphatic heterocycles. The highest BCUT2D eigenvalue weighted by atomic mass is 16.5. The molecule has 0 radical (unpaired) electrons. The van der Waals surface area contributed by atoms with E-state index in [4.69, 9.17) is 4.74 Å². The molecule has 5 rings (SSSR count). The molecule has 176 valence electrons. The molecule has 0 aliphatic carbocycles. The Bertz CT molecular complexity index is 1310. The van der Waals surface area contributed by atoms with Gasteiger partial charge >= 0.3 is 0 Å². The maximum absolute atomic E-state index is 13.4. The van der Waals surface area contributed by atoms with Crippen molar-refractivity contribution in [3.05, 3.63) is 96.2 Å². The molecule has 2 aromatic carbocycles. The molecular formula is C27H26N6O2. The fourth-order valence-corrected chi connectivity index (χ4v) is 4.26. The number of amides is 1. The molecule has 1 N–H and O–H groups in total. The van der Waals surface area contributed by atoms with Crippen molar-refractivity contribution in [3.8, 4) is 11.6 Å². The normalized spacial score (nSPS) is 15.5. The van der Waals surface area contributed by atoms with Crippen molar-refractivity contribution in [2.45, 2.75) is 25.7 Å². The molecular weight excluding hydrogens is 440 g/mol. The molecule has 8 nitrogen and oxygen atoms in total. The van der Waals surface area contributed by atoms with E-state index in [1.54, 1.807) is 30.9 Å². The molecule has 8 heteroatoms. The highest BCUT2D eigenvalue weighted by Crippen LogP contribution is 2.34. The van der Waals surface area contributed by atoms with Crippen LogP contribution < -0.4 is 10.1 Å². The number of nitrogens with one attached hydrogen (secondary N) is 1. The second-order valence-corrected chi connectivity index (χ2v) is 8.48. The Morgan fingerprint density at radius 1 is 0.971 bits per heavy atom. The highest BCUT2D eigenvalue weighted by molar-refractivity contribution is 5.95. The number of hydrogen-bond donors (Lipinski definition) is 1. The molecule has 1 atom stereocenters. The molecule has 3 heterocycles. The summed E-state index contributed by atoms with van der Waals surface area (Å²) in [5.41, 5.74) is 3.18. The van der Waals surface area contributed by atoms with Crippen molar-refractivity contribution in [3.63, 3.8) is 0 Å². The molecule has 4 aromatic rings. The average molecular weight is 467 g/mol. The lowest BCUT2D eigenvalue weighted by atomic mass is 9.94. The standard InChI is InChI=1S/C27H26N6O2/c1-19-7-2-3-11-23(19)35-25-24(28-14-15-29-25)21-9-5-16-33(18-21)26(34)20-8-4-10-22(17-20)32-27-30-12-6-13-31-27/h2-4,6-8,10-15,17,21H,5,9,16,18H2,1H3,(H,30,31,32)/t21-/m1/s1. The number of anilines is 2. The summed E-state index contributed by atoms with van der Waals surface area (Å²) in [6.07, 6.45) is 8.45. The van der Waals surface area contributed by atoms with Gasteiger partial charge in [0, 0.05) is 55.0 Å². The Labute approximate surface area is 204 Å². The minimum absolute atomic E-state index is 0.0161. The topological polar surface area (TPSA) is 93.1 Å².